The van der Waals surface area contributed by atoms with Crippen LogP contribution in [0.4, 0.5) is 18.9 Å². The van der Waals surface area contributed by atoms with Crippen LogP contribution in [0.25, 0.3) is 0 Å². The zero-order valence-electron chi connectivity index (χ0n) is 29.4. The first-order valence-electron chi connectivity index (χ1n) is 17.4. The van der Waals surface area contributed by atoms with Crippen molar-refractivity contribution in [2.75, 3.05) is 11.4 Å². The van der Waals surface area contributed by atoms with Crippen LogP contribution in [-0.2, 0) is 20.8 Å². The van der Waals surface area contributed by atoms with Crippen molar-refractivity contribution in [1.82, 2.24) is 10.6 Å². The molecule has 2 aromatic rings. The second-order valence-corrected chi connectivity index (χ2v) is 14.2. The van der Waals surface area contributed by atoms with Crippen LogP contribution in [-0.4, -0.2) is 78.0 Å². The summed E-state index contributed by atoms with van der Waals surface area (Å²) in [6.07, 6.45) is 1.76. The number of anilines is 1. The summed E-state index contributed by atoms with van der Waals surface area (Å²) in [5.74, 6) is -3.14. The molecule has 15 heteroatoms. The van der Waals surface area contributed by atoms with Crippen LogP contribution in [0.2, 0.25) is 0 Å². The SMILES string of the molecule is CC(C)(C)Oc1ccc(C[C@H](NC(=O)c2ccc(N(CC3=NC4C(=O)NC(N)=NC4N=C3)C(=O)C(F)(F)F)cc2)C(=O)C2CCCCCCC2)cc1. The van der Waals surface area contributed by atoms with Gasteiger partial charge in [-0.1, -0.05) is 44.2 Å². The molecule has 0 radical (unpaired) electrons. The predicted octanol–water partition coefficient (Wildman–Crippen LogP) is 4.69. The lowest BCUT2D eigenvalue weighted by molar-refractivity contribution is -0.170. The van der Waals surface area contributed by atoms with Gasteiger partial charge in [0.1, 0.15) is 11.4 Å². The number of nitrogens with zero attached hydrogens (tertiary/aromatic N) is 4. The molecular weight excluding hydrogens is 679 g/mol. The molecule has 0 spiro atoms. The predicted molar refractivity (Wildman–Crippen MR) is 191 cm³/mol. The smallest absolute Gasteiger partial charge is 0.471 e. The van der Waals surface area contributed by atoms with E-state index in [1.165, 1.54) is 24.3 Å². The highest BCUT2D eigenvalue weighted by Crippen LogP contribution is 2.27. The molecule has 4 N–H and O–H groups in total. The van der Waals surface area contributed by atoms with Gasteiger partial charge in [-0.25, -0.2) is 4.99 Å². The minimum Gasteiger partial charge on any atom is -0.488 e. The molecule has 3 amide bonds. The van der Waals surface area contributed by atoms with Gasteiger partial charge in [-0.3, -0.25) is 39.4 Å². The van der Waals surface area contributed by atoms with E-state index in [0.717, 1.165) is 56.7 Å². The van der Waals surface area contributed by atoms with Gasteiger partial charge < -0.3 is 15.8 Å². The summed E-state index contributed by atoms with van der Waals surface area (Å²) >= 11 is 0. The highest BCUT2D eigenvalue weighted by Gasteiger charge is 2.44. The molecule has 0 saturated heterocycles. The van der Waals surface area contributed by atoms with E-state index < -0.39 is 54.3 Å². The van der Waals surface area contributed by atoms with Crippen molar-refractivity contribution in [3.63, 3.8) is 0 Å². The van der Waals surface area contributed by atoms with Gasteiger partial charge in [0.25, 0.3) is 11.8 Å². The molecular formula is C37H44F3N7O5. The first kappa shape index (κ1) is 38.2. The molecule has 3 aliphatic rings. The van der Waals surface area contributed by atoms with Crippen molar-refractivity contribution in [3.05, 3.63) is 59.7 Å². The molecule has 1 fully saturated rings. The molecule has 12 nitrogen and oxygen atoms in total. The maximum Gasteiger partial charge on any atom is 0.471 e. The Morgan fingerprint density at radius 2 is 1.60 bits per heavy atom. The first-order valence-corrected chi connectivity index (χ1v) is 17.4. The Morgan fingerprint density at radius 1 is 0.962 bits per heavy atom. The fourth-order valence-corrected chi connectivity index (χ4v) is 6.44. The highest BCUT2D eigenvalue weighted by molar-refractivity contribution is 6.34. The second kappa shape index (κ2) is 16.1. The summed E-state index contributed by atoms with van der Waals surface area (Å²) in [5.41, 5.74) is 5.83. The summed E-state index contributed by atoms with van der Waals surface area (Å²) in [6, 6.07) is 10.3. The zero-order valence-corrected chi connectivity index (χ0v) is 29.4. The van der Waals surface area contributed by atoms with Crippen LogP contribution < -0.4 is 26.0 Å². The van der Waals surface area contributed by atoms with Crippen molar-refractivity contribution in [2.24, 2.45) is 26.6 Å². The summed E-state index contributed by atoms with van der Waals surface area (Å²) in [7, 11) is 0. The number of alkyl halides is 3. The van der Waals surface area contributed by atoms with Gasteiger partial charge in [0.2, 0.25) is 0 Å². The number of ether oxygens (including phenoxy) is 1. The van der Waals surface area contributed by atoms with E-state index >= 15 is 0 Å². The molecule has 0 aromatic heterocycles. The number of carbonyl (C=O) groups excluding carboxylic acids is 4. The Labute approximate surface area is 300 Å². The summed E-state index contributed by atoms with van der Waals surface area (Å²) < 4.78 is 47.2. The van der Waals surface area contributed by atoms with Crippen LogP contribution in [0.3, 0.4) is 0 Å². The van der Waals surface area contributed by atoms with Gasteiger partial charge in [0, 0.05) is 23.4 Å². The van der Waals surface area contributed by atoms with Gasteiger partial charge in [-0.05, 0) is 82.0 Å². The van der Waals surface area contributed by atoms with E-state index in [2.05, 4.69) is 25.6 Å². The third kappa shape index (κ3) is 10.0. The Bertz CT molecular complexity index is 1730. The van der Waals surface area contributed by atoms with Crippen LogP contribution >= 0.6 is 0 Å². The average Bonchev–Trinajstić information content (AvgIpc) is 3.06. The third-order valence-corrected chi connectivity index (χ3v) is 8.95. The van der Waals surface area contributed by atoms with Crippen molar-refractivity contribution < 1.29 is 37.1 Å². The number of fused-ring (bicyclic) bond motifs is 1. The van der Waals surface area contributed by atoms with Gasteiger partial charge in [0.15, 0.2) is 24.0 Å². The van der Waals surface area contributed by atoms with Crippen LogP contribution in [0.5, 0.6) is 5.75 Å². The monoisotopic (exact) mass is 723 g/mol. The normalized spacial score (nSPS) is 20.2. The van der Waals surface area contributed by atoms with Gasteiger partial charge in [-0.2, -0.15) is 13.2 Å². The molecule has 2 heterocycles. The van der Waals surface area contributed by atoms with Gasteiger partial charge >= 0.3 is 12.1 Å². The fraction of sp³-hybridized carbons (Fsp3) is 0.486. The molecule has 2 aliphatic heterocycles. The molecule has 2 aromatic carbocycles. The number of Topliss-reactive ketones (excluding diaryl/α,β-unsaturated/α-hetero) is 1. The number of carbonyl (C=O) groups is 4. The lowest BCUT2D eigenvalue weighted by Gasteiger charge is -2.28. The molecule has 0 bridgehead atoms. The summed E-state index contributed by atoms with van der Waals surface area (Å²) in [4.78, 5) is 65.2. The van der Waals surface area contributed by atoms with Crippen molar-refractivity contribution in [2.45, 2.75) is 102 Å². The quantitative estimate of drug-likeness (QED) is 0.322. The van der Waals surface area contributed by atoms with Gasteiger partial charge in [-0.15, -0.1) is 0 Å². The number of guanidine groups is 1. The topological polar surface area (TPSA) is 168 Å². The minimum atomic E-state index is -5.24. The van der Waals surface area contributed by atoms with E-state index in [4.69, 9.17) is 10.5 Å². The lowest BCUT2D eigenvalue weighted by Crippen LogP contribution is -2.53. The molecule has 1 aliphatic carbocycles. The number of benzene rings is 2. The zero-order chi connectivity index (χ0) is 37.6. The van der Waals surface area contributed by atoms with E-state index in [9.17, 15) is 32.3 Å². The number of rotatable bonds is 10. The molecule has 2 unspecified atom stereocenters. The van der Waals surface area contributed by atoms with Crippen molar-refractivity contribution >= 4 is 47.1 Å². The second-order valence-electron chi connectivity index (χ2n) is 14.2. The molecule has 5 rings (SSSR count). The van der Waals surface area contributed by atoms with E-state index in [-0.39, 0.29) is 41.0 Å². The summed E-state index contributed by atoms with van der Waals surface area (Å²) in [6.45, 7) is 5.16. The number of hydrogen-bond acceptors (Lipinski definition) is 9. The Balaban J connectivity index is 1.35. The van der Waals surface area contributed by atoms with Crippen molar-refractivity contribution in [3.8, 4) is 5.75 Å². The first-order chi connectivity index (χ1) is 24.6. The van der Waals surface area contributed by atoms with E-state index in [1.807, 2.05) is 45.0 Å². The maximum atomic E-state index is 14.0. The lowest BCUT2D eigenvalue weighted by atomic mass is 9.84. The van der Waals surface area contributed by atoms with Crippen LogP contribution in [0.15, 0.2) is 63.5 Å². The fourth-order valence-electron chi connectivity index (χ4n) is 6.44. The van der Waals surface area contributed by atoms with E-state index in [0.29, 0.717) is 10.6 Å². The number of nitrogens with one attached hydrogen (secondary N) is 2. The largest absolute Gasteiger partial charge is 0.488 e. The number of amides is 3. The minimum absolute atomic E-state index is 0.0546. The molecule has 278 valence electrons. The number of ketones is 1. The number of nitrogens with two attached hydrogens (primary N) is 1. The number of halogens is 3. The van der Waals surface area contributed by atoms with E-state index in [1.54, 1.807) is 0 Å². The molecule has 1 saturated carbocycles. The standard InChI is InChI=1S/C37H44F3N7O5/c1-36(2,3)52-27-17-11-22(12-18-27)19-28(30(48)23-9-7-5-4-6-8-10-23)44-32(49)24-13-15-26(16-14-24)47(34(51)37(38,39)40)21-25-20-42-31-29(43-25)33(50)46-35(41)45-31/h11-18,20,23,28-29,31H,4-10,19,21H2,1-3H3,(H,44,49)(H3,41,45,46,50)/t28-,29?,31?/m0/s1. The molecule has 3 atom stereocenters. The highest BCUT2D eigenvalue weighted by atomic mass is 19.4. The van der Waals surface area contributed by atoms with Crippen molar-refractivity contribution in [1.29, 1.82) is 0 Å². The number of hydrogen-bond donors (Lipinski definition) is 3. The Hall–Kier alpha value is -5.08. The maximum absolute atomic E-state index is 14.0. The summed E-state index contributed by atoms with van der Waals surface area (Å²) in [5, 5.41) is 5.19. The third-order valence-electron chi connectivity index (χ3n) is 8.95. The average molecular weight is 724 g/mol. The van der Waals surface area contributed by atoms with Crippen LogP contribution in [0, 0.1) is 5.92 Å². The van der Waals surface area contributed by atoms with Crippen LogP contribution in [0.1, 0.15) is 81.6 Å². The Kier molecular flexibility index (Phi) is 11.8. The molecule has 52 heavy (non-hydrogen) atoms. The number of aliphatic imine (C=N–C) groups is 3. The Morgan fingerprint density at radius 3 is 2.21 bits per heavy atom. The van der Waals surface area contributed by atoms with Gasteiger partial charge in [0.05, 0.1) is 18.3 Å².